The number of halogens is 1. The quantitative estimate of drug-likeness (QED) is 0.793. The predicted octanol–water partition coefficient (Wildman–Crippen LogP) is 5.03. The van der Waals surface area contributed by atoms with E-state index in [1.165, 1.54) is 0 Å². The van der Waals surface area contributed by atoms with Crippen LogP contribution in [0.25, 0.3) is 0 Å². The molecule has 0 spiro atoms. The summed E-state index contributed by atoms with van der Waals surface area (Å²) < 4.78 is 12.0. The van der Waals surface area contributed by atoms with Gasteiger partial charge in [0.15, 0.2) is 0 Å². The smallest absolute Gasteiger partial charge is 0.124 e. The molecule has 0 radical (unpaired) electrons. The van der Waals surface area contributed by atoms with Crippen LogP contribution in [0, 0.1) is 0 Å². The SMILES string of the molecule is CCOc1ccccc1C(C)Nc1cc(Br)cc(OC)c1. The number of hydrogen-bond acceptors (Lipinski definition) is 3. The molecular formula is C17H20BrNO2. The first-order valence-corrected chi connectivity index (χ1v) is 7.76. The van der Waals surface area contributed by atoms with Gasteiger partial charge in [0.05, 0.1) is 19.8 Å². The summed E-state index contributed by atoms with van der Waals surface area (Å²) in [4.78, 5) is 0. The Hall–Kier alpha value is -1.68. The molecule has 2 aromatic rings. The standard InChI is InChI=1S/C17H20BrNO2/c1-4-21-17-8-6-5-7-16(17)12(2)19-14-9-13(18)10-15(11-14)20-3/h5-12,19H,4H2,1-3H3. The average Bonchev–Trinajstić information content (AvgIpc) is 2.47. The molecule has 0 saturated heterocycles. The van der Waals surface area contributed by atoms with E-state index >= 15 is 0 Å². The van der Waals surface area contributed by atoms with Crippen molar-refractivity contribution < 1.29 is 9.47 Å². The first-order chi connectivity index (χ1) is 10.1. The van der Waals surface area contributed by atoms with Crippen molar-refractivity contribution in [3.05, 3.63) is 52.5 Å². The van der Waals surface area contributed by atoms with Crippen LogP contribution >= 0.6 is 15.9 Å². The normalized spacial score (nSPS) is 11.8. The molecule has 21 heavy (non-hydrogen) atoms. The summed E-state index contributed by atoms with van der Waals surface area (Å²) in [5, 5.41) is 3.48. The highest BCUT2D eigenvalue weighted by molar-refractivity contribution is 9.10. The highest BCUT2D eigenvalue weighted by Crippen LogP contribution is 2.30. The average molecular weight is 350 g/mol. The number of methoxy groups -OCH3 is 1. The molecule has 1 N–H and O–H groups in total. The lowest BCUT2D eigenvalue weighted by Crippen LogP contribution is -2.09. The molecule has 1 unspecified atom stereocenters. The van der Waals surface area contributed by atoms with Gasteiger partial charge in [-0.05, 0) is 32.0 Å². The fourth-order valence-corrected chi connectivity index (χ4v) is 2.69. The maximum atomic E-state index is 5.69. The van der Waals surface area contributed by atoms with Crippen LogP contribution in [0.1, 0.15) is 25.5 Å². The molecular weight excluding hydrogens is 330 g/mol. The van der Waals surface area contributed by atoms with Gasteiger partial charge in [-0.25, -0.2) is 0 Å². The van der Waals surface area contributed by atoms with E-state index in [4.69, 9.17) is 9.47 Å². The summed E-state index contributed by atoms with van der Waals surface area (Å²) in [6.45, 7) is 4.77. The monoisotopic (exact) mass is 349 g/mol. The third-order valence-corrected chi connectivity index (χ3v) is 3.63. The van der Waals surface area contributed by atoms with Gasteiger partial charge < -0.3 is 14.8 Å². The molecule has 0 saturated carbocycles. The van der Waals surface area contributed by atoms with E-state index in [0.29, 0.717) is 6.61 Å². The Kier molecular flexibility index (Phi) is 5.51. The molecule has 2 rings (SSSR count). The van der Waals surface area contributed by atoms with E-state index in [0.717, 1.165) is 27.2 Å². The second-order valence-corrected chi connectivity index (χ2v) is 5.63. The van der Waals surface area contributed by atoms with E-state index in [-0.39, 0.29) is 6.04 Å². The topological polar surface area (TPSA) is 30.5 Å². The van der Waals surface area contributed by atoms with Crippen molar-refractivity contribution in [1.82, 2.24) is 0 Å². The number of ether oxygens (including phenoxy) is 2. The summed E-state index contributed by atoms with van der Waals surface area (Å²) in [7, 11) is 1.67. The van der Waals surface area contributed by atoms with Crippen LogP contribution in [0.15, 0.2) is 46.9 Å². The molecule has 3 nitrogen and oxygen atoms in total. The lowest BCUT2D eigenvalue weighted by Gasteiger charge is -2.19. The zero-order chi connectivity index (χ0) is 15.2. The van der Waals surface area contributed by atoms with Crippen molar-refractivity contribution in [1.29, 1.82) is 0 Å². The molecule has 0 aromatic heterocycles. The third-order valence-electron chi connectivity index (χ3n) is 3.18. The van der Waals surface area contributed by atoms with Crippen LogP contribution in [0.4, 0.5) is 5.69 Å². The van der Waals surface area contributed by atoms with E-state index in [9.17, 15) is 0 Å². The van der Waals surface area contributed by atoms with Crippen molar-refractivity contribution in [2.24, 2.45) is 0 Å². The Morgan fingerprint density at radius 1 is 1.19 bits per heavy atom. The van der Waals surface area contributed by atoms with Crippen molar-refractivity contribution in [3.63, 3.8) is 0 Å². The summed E-state index contributed by atoms with van der Waals surface area (Å²) in [5.41, 5.74) is 2.14. The van der Waals surface area contributed by atoms with Crippen LogP contribution in [-0.4, -0.2) is 13.7 Å². The van der Waals surface area contributed by atoms with Gasteiger partial charge in [0.1, 0.15) is 11.5 Å². The molecule has 0 aliphatic carbocycles. The molecule has 0 aliphatic rings. The van der Waals surface area contributed by atoms with Crippen LogP contribution in [0.3, 0.4) is 0 Å². The molecule has 4 heteroatoms. The number of nitrogens with one attached hydrogen (secondary N) is 1. The fourth-order valence-electron chi connectivity index (χ4n) is 2.22. The van der Waals surface area contributed by atoms with Crippen LogP contribution in [0.5, 0.6) is 11.5 Å². The van der Waals surface area contributed by atoms with Crippen molar-refractivity contribution in [2.75, 3.05) is 19.0 Å². The highest BCUT2D eigenvalue weighted by Gasteiger charge is 2.11. The lowest BCUT2D eigenvalue weighted by atomic mass is 10.1. The first kappa shape index (κ1) is 15.7. The highest BCUT2D eigenvalue weighted by atomic mass is 79.9. The van der Waals surface area contributed by atoms with E-state index in [2.05, 4.69) is 34.2 Å². The van der Waals surface area contributed by atoms with Gasteiger partial charge in [-0.15, -0.1) is 0 Å². The van der Waals surface area contributed by atoms with Gasteiger partial charge in [0.2, 0.25) is 0 Å². The van der Waals surface area contributed by atoms with Crippen molar-refractivity contribution >= 4 is 21.6 Å². The summed E-state index contributed by atoms with van der Waals surface area (Å²) in [5.74, 6) is 1.74. The van der Waals surface area contributed by atoms with E-state index < -0.39 is 0 Å². The minimum Gasteiger partial charge on any atom is -0.497 e. The van der Waals surface area contributed by atoms with Gasteiger partial charge >= 0.3 is 0 Å². The molecule has 2 aromatic carbocycles. The van der Waals surface area contributed by atoms with Crippen molar-refractivity contribution in [2.45, 2.75) is 19.9 Å². The van der Waals surface area contributed by atoms with Gasteiger partial charge in [0, 0.05) is 21.8 Å². The minimum absolute atomic E-state index is 0.131. The Labute approximate surface area is 134 Å². The first-order valence-electron chi connectivity index (χ1n) is 6.97. The van der Waals surface area contributed by atoms with E-state index in [1.807, 2.05) is 43.3 Å². The molecule has 0 amide bonds. The summed E-state index contributed by atoms with van der Waals surface area (Å²) in [6.07, 6.45) is 0. The maximum Gasteiger partial charge on any atom is 0.124 e. The number of anilines is 1. The number of para-hydroxylation sites is 1. The zero-order valence-electron chi connectivity index (χ0n) is 12.5. The second-order valence-electron chi connectivity index (χ2n) is 4.72. The van der Waals surface area contributed by atoms with Crippen molar-refractivity contribution in [3.8, 4) is 11.5 Å². The molecule has 0 fully saturated rings. The molecule has 1 atom stereocenters. The van der Waals surface area contributed by atoms with Crippen LogP contribution in [-0.2, 0) is 0 Å². The largest absolute Gasteiger partial charge is 0.497 e. The molecule has 0 heterocycles. The molecule has 0 bridgehead atoms. The number of benzene rings is 2. The number of rotatable bonds is 6. The third kappa shape index (κ3) is 4.14. The summed E-state index contributed by atoms with van der Waals surface area (Å²) in [6, 6.07) is 14.2. The minimum atomic E-state index is 0.131. The van der Waals surface area contributed by atoms with E-state index in [1.54, 1.807) is 7.11 Å². The molecule has 112 valence electrons. The summed E-state index contributed by atoms with van der Waals surface area (Å²) >= 11 is 3.49. The van der Waals surface area contributed by atoms with Gasteiger partial charge in [-0.3, -0.25) is 0 Å². The zero-order valence-corrected chi connectivity index (χ0v) is 14.1. The maximum absolute atomic E-state index is 5.69. The van der Waals surface area contributed by atoms with Crippen LogP contribution in [0.2, 0.25) is 0 Å². The Morgan fingerprint density at radius 3 is 2.67 bits per heavy atom. The fraction of sp³-hybridized carbons (Fsp3) is 0.294. The Bertz CT molecular complexity index is 601. The number of hydrogen-bond donors (Lipinski definition) is 1. The van der Waals surface area contributed by atoms with Gasteiger partial charge in [-0.2, -0.15) is 0 Å². The predicted molar refractivity (Wildman–Crippen MR) is 90.3 cm³/mol. The van der Waals surface area contributed by atoms with Crippen LogP contribution < -0.4 is 14.8 Å². The Morgan fingerprint density at radius 2 is 1.95 bits per heavy atom. The van der Waals surface area contributed by atoms with Gasteiger partial charge in [-0.1, -0.05) is 34.1 Å². The molecule has 0 aliphatic heterocycles. The van der Waals surface area contributed by atoms with Gasteiger partial charge in [0.25, 0.3) is 0 Å². The second kappa shape index (κ2) is 7.36. The lowest BCUT2D eigenvalue weighted by molar-refractivity contribution is 0.335. The Balaban J connectivity index is 2.21.